The molecule has 6 rings (SSSR count). The Kier molecular flexibility index (Phi) is 25.5. The topological polar surface area (TPSA) is 106 Å². The molecule has 0 spiro atoms. The van der Waals surface area contributed by atoms with Crippen molar-refractivity contribution in [2.24, 2.45) is 0 Å². The average molecular weight is 833 g/mol. The Labute approximate surface area is 364 Å². The molecule has 3 aromatic rings. The van der Waals surface area contributed by atoms with E-state index in [0.717, 1.165) is 52.0 Å². The number of hydrogen-bond acceptors (Lipinski definition) is 9. The van der Waals surface area contributed by atoms with Crippen molar-refractivity contribution in [3.8, 4) is 0 Å². The van der Waals surface area contributed by atoms with E-state index in [4.69, 9.17) is 5.11 Å². The Morgan fingerprint density at radius 2 is 0.733 bits per heavy atom. The predicted octanol–water partition coefficient (Wildman–Crippen LogP) is 4.19. The fraction of sp³-hybridized carbons (Fsp3) is 0.562. The van der Waals surface area contributed by atoms with Crippen molar-refractivity contribution < 1.29 is 19.5 Å². The number of nitrogens with zero attached hydrogens (tertiary/aromatic N) is 7. The second-order valence-corrected chi connectivity index (χ2v) is 16.3. The molecule has 3 amide bonds. The zero-order chi connectivity index (χ0) is 45.5. The number of aliphatic hydroxyl groups excluding tert-OH is 1. The van der Waals surface area contributed by atoms with Crippen LogP contribution in [-0.2, 0) is 53.3 Å². The molecule has 2 N–H and O–H groups in total. The van der Waals surface area contributed by atoms with E-state index in [1.54, 1.807) is 21.6 Å². The van der Waals surface area contributed by atoms with E-state index in [2.05, 4.69) is 107 Å². The van der Waals surface area contributed by atoms with Crippen molar-refractivity contribution >= 4 is 17.7 Å². The van der Waals surface area contributed by atoms with Crippen molar-refractivity contribution in [3.05, 3.63) is 106 Å². The molecule has 12 heteroatoms. The molecule has 0 saturated heterocycles. The highest BCUT2D eigenvalue weighted by atomic mass is 16.2. The lowest BCUT2D eigenvalue weighted by atomic mass is 9.94. The summed E-state index contributed by atoms with van der Waals surface area (Å²) in [5.41, 5.74) is 7.94. The molecule has 0 saturated carbocycles. The predicted molar refractivity (Wildman–Crippen MR) is 249 cm³/mol. The first-order valence-electron chi connectivity index (χ1n) is 21.2. The van der Waals surface area contributed by atoms with Gasteiger partial charge >= 0.3 is 0 Å². The van der Waals surface area contributed by atoms with Gasteiger partial charge in [-0.2, -0.15) is 0 Å². The van der Waals surface area contributed by atoms with E-state index < -0.39 is 0 Å². The summed E-state index contributed by atoms with van der Waals surface area (Å²) in [6.07, 6.45) is 2.47. The van der Waals surface area contributed by atoms with Crippen LogP contribution in [0.4, 0.5) is 0 Å². The van der Waals surface area contributed by atoms with Gasteiger partial charge in [0.1, 0.15) is 0 Å². The number of nitrogens with one attached hydrogen (secondary N) is 1. The number of hydrogen-bond donors (Lipinski definition) is 2. The van der Waals surface area contributed by atoms with Crippen LogP contribution < -0.4 is 5.32 Å². The van der Waals surface area contributed by atoms with Crippen LogP contribution in [0.2, 0.25) is 0 Å². The maximum absolute atomic E-state index is 12.0. The molecular weight excluding hydrogens is 753 g/mol. The smallest absolute Gasteiger partial charge is 0.239 e. The largest absolute Gasteiger partial charge is 0.397 e. The molecule has 0 radical (unpaired) electrons. The zero-order valence-corrected chi connectivity index (χ0v) is 39.8. The molecule has 60 heavy (non-hydrogen) atoms. The van der Waals surface area contributed by atoms with Crippen molar-refractivity contribution in [2.45, 2.75) is 77.8 Å². The second kappa shape index (κ2) is 28.4. The summed E-state index contributed by atoms with van der Waals surface area (Å²) >= 11 is 0. The fourth-order valence-electron chi connectivity index (χ4n) is 6.68. The van der Waals surface area contributed by atoms with Crippen molar-refractivity contribution in [2.75, 3.05) is 104 Å². The quantitative estimate of drug-likeness (QED) is 0.392. The van der Waals surface area contributed by atoms with Crippen LogP contribution in [0.5, 0.6) is 0 Å². The Hall–Kier alpha value is -4.17. The number of benzene rings is 3. The molecule has 3 aliphatic heterocycles. The molecule has 336 valence electrons. The third kappa shape index (κ3) is 17.8. The highest BCUT2D eigenvalue weighted by Gasteiger charge is 2.31. The molecule has 3 aliphatic rings. The lowest BCUT2D eigenvalue weighted by Gasteiger charge is -2.34. The van der Waals surface area contributed by atoms with Gasteiger partial charge < -0.3 is 30.0 Å². The van der Waals surface area contributed by atoms with Crippen LogP contribution in [0.1, 0.15) is 54.2 Å². The second-order valence-electron chi connectivity index (χ2n) is 16.3. The first-order chi connectivity index (χ1) is 28.4. The van der Waals surface area contributed by atoms with Gasteiger partial charge in [0.05, 0.1) is 18.1 Å². The molecule has 3 atom stereocenters. The average Bonchev–Trinajstić information content (AvgIpc) is 3.23. The van der Waals surface area contributed by atoms with Crippen molar-refractivity contribution in [3.63, 3.8) is 0 Å². The highest BCUT2D eigenvalue weighted by Crippen LogP contribution is 2.25. The Balaban J connectivity index is 0.000000396. The van der Waals surface area contributed by atoms with E-state index in [-0.39, 0.29) is 42.5 Å². The minimum atomic E-state index is -0.00935. The lowest BCUT2D eigenvalue weighted by Crippen LogP contribution is -2.48. The number of carbonyl (C=O) groups is 3. The number of fused-ring (bicyclic) bond motifs is 3. The number of carbonyl (C=O) groups excluding carboxylic acids is 3. The van der Waals surface area contributed by atoms with E-state index >= 15 is 0 Å². The summed E-state index contributed by atoms with van der Waals surface area (Å²) in [6, 6.07) is 25.1. The summed E-state index contributed by atoms with van der Waals surface area (Å²) in [7, 11) is 23.0. The van der Waals surface area contributed by atoms with Crippen LogP contribution >= 0.6 is 0 Å². The van der Waals surface area contributed by atoms with Crippen LogP contribution in [-0.4, -0.2) is 180 Å². The van der Waals surface area contributed by atoms with Crippen LogP contribution in [0.3, 0.4) is 0 Å². The molecule has 0 aromatic heterocycles. The minimum absolute atomic E-state index is 0.00935. The van der Waals surface area contributed by atoms with E-state index in [1.165, 1.54) is 33.4 Å². The Morgan fingerprint density at radius 1 is 0.533 bits per heavy atom. The molecule has 3 heterocycles. The maximum Gasteiger partial charge on any atom is 0.239 e. The third-order valence-electron chi connectivity index (χ3n) is 10.6. The normalized spacial score (nSPS) is 17.9. The monoisotopic (exact) mass is 833 g/mol. The maximum atomic E-state index is 12.0. The van der Waals surface area contributed by atoms with Gasteiger partial charge in [-0.25, -0.2) is 0 Å². The lowest BCUT2D eigenvalue weighted by molar-refractivity contribution is -0.135. The van der Waals surface area contributed by atoms with Gasteiger partial charge in [-0.1, -0.05) is 86.6 Å². The van der Waals surface area contributed by atoms with Gasteiger partial charge in [-0.15, -0.1) is 0 Å². The minimum Gasteiger partial charge on any atom is -0.397 e. The zero-order valence-electron chi connectivity index (χ0n) is 39.8. The summed E-state index contributed by atoms with van der Waals surface area (Å²) in [5.74, 6) is 0.575. The summed E-state index contributed by atoms with van der Waals surface area (Å²) in [5, 5.41) is 10.5. The summed E-state index contributed by atoms with van der Waals surface area (Å²) < 4.78 is 0. The van der Waals surface area contributed by atoms with E-state index in [9.17, 15) is 14.4 Å². The van der Waals surface area contributed by atoms with Crippen LogP contribution in [0.25, 0.3) is 0 Å². The van der Waals surface area contributed by atoms with Crippen molar-refractivity contribution in [1.29, 1.82) is 0 Å². The third-order valence-corrected chi connectivity index (χ3v) is 10.6. The van der Waals surface area contributed by atoms with Crippen LogP contribution in [0, 0.1) is 0 Å². The highest BCUT2D eigenvalue weighted by molar-refractivity contribution is 5.83. The summed E-state index contributed by atoms with van der Waals surface area (Å²) in [6.45, 7) is 10.9. The van der Waals surface area contributed by atoms with Gasteiger partial charge in [-0.3, -0.25) is 29.1 Å². The molecule has 12 nitrogen and oxygen atoms in total. The van der Waals surface area contributed by atoms with Crippen LogP contribution in [0.15, 0.2) is 72.8 Å². The molecule has 0 aliphatic carbocycles. The standard InChI is InChI=1S/3C13H18N2O.C4H11N.C3H9N.C2H6O/c3*1-14(2)13(16)12-8-10-6-4-5-7-11(10)9-15(12)3;1-4-5(2)3;1-3-4-2;1-2-3/h3*4-7,12H,8-9H2,1-3H3;4H2,1-3H3;4H,3H2,1-2H3;3H,2H2,1H3. The summed E-state index contributed by atoms with van der Waals surface area (Å²) in [4.78, 5) is 49.5. The number of rotatable bonds is 5. The van der Waals surface area contributed by atoms with Crippen molar-refractivity contribution in [1.82, 2.24) is 39.6 Å². The van der Waals surface area contributed by atoms with E-state index in [0.29, 0.717) is 0 Å². The van der Waals surface area contributed by atoms with Gasteiger partial charge in [0.25, 0.3) is 0 Å². The van der Waals surface area contributed by atoms with Gasteiger partial charge in [0.2, 0.25) is 17.7 Å². The van der Waals surface area contributed by atoms with E-state index in [1.807, 2.05) is 88.7 Å². The number of likely N-dealkylation sites (N-methyl/N-ethyl adjacent to an activating group) is 6. The Morgan fingerprint density at radius 3 is 0.900 bits per heavy atom. The molecule has 3 unspecified atom stereocenters. The molecule has 0 bridgehead atoms. The molecular formula is C48H80N8O4. The SMILES string of the molecule is CCN(C)C.CCNC.CCO.CN(C)C(=O)C1Cc2ccccc2CN1C.CN(C)C(=O)C1Cc2ccccc2CN1C.CN(C)C(=O)C1Cc2ccccc2CN1C. The fourth-order valence-corrected chi connectivity index (χ4v) is 6.68. The first kappa shape index (κ1) is 53.8. The van der Waals surface area contributed by atoms with Gasteiger partial charge in [0, 0.05) is 68.5 Å². The number of amides is 3. The van der Waals surface area contributed by atoms with Gasteiger partial charge in [-0.05, 0) is 115 Å². The Bertz CT molecular complexity index is 1510. The van der Waals surface area contributed by atoms with Gasteiger partial charge in [0.15, 0.2) is 0 Å². The molecule has 0 fully saturated rings. The number of aliphatic hydroxyl groups is 1. The first-order valence-corrected chi connectivity index (χ1v) is 21.2. The molecule has 3 aromatic carbocycles.